The molecule has 9 nitrogen and oxygen atoms in total. The van der Waals surface area contributed by atoms with E-state index in [2.05, 4.69) is 111 Å². The molecule has 0 aromatic rings. The molecule has 0 spiro atoms. The van der Waals surface area contributed by atoms with E-state index < -0.39 is 26.6 Å². The molecule has 0 fully saturated rings. The molecule has 0 bridgehead atoms. The number of esters is 1. The smallest absolute Gasteiger partial charge is 0.306 e. The van der Waals surface area contributed by atoms with Crippen molar-refractivity contribution in [2.45, 2.75) is 328 Å². The second kappa shape index (κ2) is 63.9. The molecule has 0 radical (unpaired) electrons. The Hall–Kier alpha value is -3.07. The highest BCUT2D eigenvalue weighted by Crippen LogP contribution is 2.38. The van der Waals surface area contributed by atoms with Crippen molar-refractivity contribution in [1.29, 1.82) is 0 Å². The Balaban J connectivity index is 5.16. The molecular formula is C75H135N2O7P. The number of ether oxygens (including phenoxy) is 1. The summed E-state index contributed by atoms with van der Waals surface area (Å²) in [7, 11) is 1.17. The molecule has 3 unspecified atom stereocenters. The average molecular weight is 1210 g/mol. The van der Waals surface area contributed by atoms with Crippen molar-refractivity contribution in [3.05, 3.63) is 97.2 Å². The molecule has 1 N–H and O–H groups in total. The van der Waals surface area contributed by atoms with Gasteiger partial charge in [-0.05, 0) is 115 Å². The van der Waals surface area contributed by atoms with Crippen LogP contribution in [0.1, 0.15) is 316 Å². The van der Waals surface area contributed by atoms with Gasteiger partial charge in [0.1, 0.15) is 19.3 Å². The van der Waals surface area contributed by atoms with E-state index >= 15 is 0 Å². The van der Waals surface area contributed by atoms with Gasteiger partial charge in [0.2, 0.25) is 5.91 Å². The van der Waals surface area contributed by atoms with Gasteiger partial charge in [-0.2, -0.15) is 0 Å². The number of phosphoric acid groups is 1. The highest BCUT2D eigenvalue weighted by atomic mass is 31.2. The molecule has 0 aromatic carbocycles. The van der Waals surface area contributed by atoms with Gasteiger partial charge in [0, 0.05) is 12.8 Å². The molecule has 0 aliphatic carbocycles. The van der Waals surface area contributed by atoms with Crippen LogP contribution in [0.4, 0.5) is 0 Å². The zero-order valence-corrected chi connectivity index (χ0v) is 57.2. The van der Waals surface area contributed by atoms with Crippen molar-refractivity contribution in [2.24, 2.45) is 0 Å². The lowest BCUT2D eigenvalue weighted by Crippen LogP contribution is -2.47. The van der Waals surface area contributed by atoms with Gasteiger partial charge in [0.25, 0.3) is 7.82 Å². The van der Waals surface area contributed by atoms with E-state index in [4.69, 9.17) is 13.8 Å². The van der Waals surface area contributed by atoms with Gasteiger partial charge in [-0.1, -0.05) is 285 Å². The van der Waals surface area contributed by atoms with E-state index in [-0.39, 0.29) is 24.9 Å². The van der Waals surface area contributed by atoms with E-state index in [0.29, 0.717) is 17.4 Å². The van der Waals surface area contributed by atoms with E-state index in [0.717, 1.165) is 116 Å². The molecule has 0 aromatic heterocycles. The minimum absolute atomic E-state index is 0.0286. The fraction of sp³-hybridized carbons (Fsp3) is 0.760. The molecular weight excluding hydrogens is 1070 g/mol. The first-order valence-corrected chi connectivity index (χ1v) is 37.0. The van der Waals surface area contributed by atoms with Crippen molar-refractivity contribution in [3.63, 3.8) is 0 Å². The largest absolute Gasteiger partial charge is 0.756 e. The standard InChI is InChI=1S/C75H135N2O7P/c1-7-10-13-16-19-22-25-28-30-32-34-36-37-38-39-41-43-45-47-50-53-56-59-62-65-68-75(79)84-73(66-63-60-57-54-51-48-27-24-21-18-15-12-9-3)72(71-83-85(80,81)82-70-69-77(4,5)6)76-74(78)67-64-61-58-55-52-49-46-44-42-40-35-33-31-29-26-23-20-17-14-11-8-2/h19-20,22-23,28-31,34-36,38-40,63,66,72-73H,7-18,21,24-27,32-33,37,41-62,64-65,67-71H2,1-6H3,(H-,76,78,80,81)/b22-19-,23-20-,30-28-,31-29-,36-34-,39-38-,40-35-,66-63+. The van der Waals surface area contributed by atoms with Crippen LogP contribution in [0.25, 0.3) is 0 Å². The number of hydrogen-bond donors (Lipinski definition) is 1. The number of unbranched alkanes of at least 4 members (excludes halogenated alkanes) is 34. The first-order chi connectivity index (χ1) is 41.4. The highest BCUT2D eigenvalue weighted by molar-refractivity contribution is 7.45. The summed E-state index contributed by atoms with van der Waals surface area (Å²) >= 11 is 0. The van der Waals surface area contributed by atoms with Gasteiger partial charge >= 0.3 is 5.97 Å². The molecule has 10 heteroatoms. The molecule has 0 saturated carbocycles. The van der Waals surface area contributed by atoms with E-state index in [1.807, 2.05) is 33.3 Å². The maximum absolute atomic E-state index is 13.6. The molecule has 0 rings (SSSR count). The molecule has 0 aliphatic rings. The Labute approximate surface area is 526 Å². The first kappa shape index (κ1) is 81.9. The van der Waals surface area contributed by atoms with Crippen LogP contribution >= 0.6 is 7.82 Å². The zero-order chi connectivity index (χ0) is 62.1. The van der Waals surface area contributed by atoms with Gasteiger partial charge in [0.05, 0.1) is 33.8 Å². The summed E-state index contributed by atoms with van der Waals surface area (Å²) in [5, 5.41) is 3.04. The zero-order valence-electron chi connectivity index (χ0n) is 56.3. The topological polar surface area (TPSA) is 114 Å². The highest BCUT2D eigenvalue weighted by Gasteiger charge is 2.27. The Kier molecular flexibility index (Phi) is 61.6. The number of phosphoric ester groups is 1. The van der Waals surface area contributed by atoms with Gasteiger partial charge in [-0.15, -0.1) is 0 Å². The molecule has 1 amide bonds. The van der Waals surface area contributed by atoms with Crippen molar-refractivity contribution in [1.82, 2.24) is 5.32 Å². The van der Waals surface area contributed by atoms with Crippen LogP contribution in [-0.4, -0.2) is 69.4 Å². The van der Waals surface area contributed by atoms with Crippen LogP contribution in [0, 0.1) is 0 Å². The average Bonchev–Trinajstić information content (AvgIpc) is 3.48. The minimum Gasteiger partial charge on any atom is -0.756 e. The minimum atomic E-state index is -4.71. The maximum atomic E-state index is 13.6. The van der Waals surface area contributed by atoms with Gasteiger partial charge in [-0.25, -0.2) is 0 Å². The summed E-state index contributed by atoms with van der Waals surface area (Å²) in [6.45, 7) is 6.80. The van der Waals surface area contributed by atoms with Crippen molar-refractivity contribution >= 4 is 19.7 Å². The fourth-order valence-corrected chi connectivity index (χ4v) is 10.7. The monoisotopic (exact) mass is 1210 g/mol. The Morgan fingerprint density at radius 1 is 0.412 bits per heavy atom. The molecule has 0 saturated heterocycles. The van der Waals surface area contributed by atoms with Crippen LogP contribution in [0.5, 0.6) is 0 Å². The Bertz CT molecular complexity index is 1780. The third-order valence-corrected chi connectivity index (χ3v) is 16.5. The van der Waals surface area contributed by atoms with E-state index in [1.54, 1.807) is 0 Å². The number of rotatable bonds is 64. The van der Waals surface area contributed by atoms with Crippen LogP contribution in [0.2, 0.25) is 0 Å². The van der Waals surface area contributed by atoms with Crippen molar-refractivity contribution < 1.29 is 37.3 Å². The molecule has 0 aliphatic heterocycles. The fourth-order valence-electron chi connectivity index (χ4n) is 9.98. The second-order valence-electron chi connectivity index (χ2n) is 25.0. The third-order valence-electron chi connectivity index (χ3n) is 15.5. The Morgan fingerprint density at radius 3 is 1.09 bits per heavy atom. The number of amides is 1. The maximum Gasteiger partial charge on any atom is 0.306 e. The number of likely N-dealkylation sites (N-methyl/N-ethyl adjacent to an activating group) is 1. The summed E-state index contributed by atoms with van der Waals surface area (Å²) in [5.41, 5.74) is 0. The van der Waals surface area contributed by atoms with E-state index in [9.17, 15) is 19.0 Å². The number of carbonyl (C=O) groups excluding carboxylic acids is 2. The van der Waals surface area contributed by atoms with Crippen LogP contribution in [0.15, 0.2) is 97.2 Å². The molecule has 85 heavy (non-hydrogen) atoms. The van der Waals surface area contributed by atoms with Gasteiger partial charge in [0.15, 0.2) is 0 Å². The third kappa shape index (κ3) is 65.2. The second-order valence-corrected chi connectivity index (χ2v) is 26.4. The summed E-state index contributed by atoms with van der Waals surface area (Å²) in [5.74, 6) is -0.552. The van der Waals surface area contributed by atoms with E-state index in [1.165, 1.54) is 167 Å². The summed E-state index contributed by atoms with van der Waals surface area (Å²) < 4.78 is 30.5. The van der Waals surface area contributed by atoms with Crippen LogP contribution in [-0.2, 0) is 27.9 Å². The number of quaternary nitrogens is 1. The quantitative estimate of drug-likeness (QED) is 0.0212. The normalized spacial score (nSPS) is 14.1. The van der Waals surface area contributed by atoms with Crippen molar-refractivity contribution in [2.75, 3.05) is 40.9 Å². The molecule has 0 heterocycles. The lowest BCUT2D eigenvalue weighted by atomic mass is 10.0. The summed E-state index contributed by atoms with van der Waals surface area (Å²) in [6.07, 6.45) is 86.6. The lowest BCUT2D eigenvalue weighted by molar-refractivity contribution is -0.870. The van der Waals surface area contributed by atoms with Crippen molar-refractivity contribution in [3.8, 4) is 0 Å². The number of nitrogens with one attached hydrogen (secondary N) is 1. The number of nitrogens with zero attached hydrogens (tertiary/aromatic N) is 1. The SMILES string of the molecule is CCCCC/C=C\C/C=C\C/C=C\C/C=C\CCCCCCCCCCCC(=O)OC(/C=C/CCCCCCCCCCCCC)C(COP(=O)([O-])OCC[N+](C)(C)C)NC(=O)CCCCCCCCCC/C=C\C/C=C\C/C=C\CCCCC. The molecule has 3 atom stereocenters. The number of carbonyl (C=O) groups is 2. The van der Waals surface area contributed by atoms with Crippen LogP contribution in [0.3, 0.4) is 0 Å². The predicted octanol–water partition coefficient (Wildman–Crippen LogP) is 22.0. The summed E-state index contributed by atoms with van der Waals surface area (Å²) in [4.78, 5) is 40.2. The van der Waals surface area contributed by atoms with Gasteiger partial charge in [-0.3, -0.25) is 14.2 Å². The lowest BCUT2D eigenvalue weighted by Gasteiger charge is -2.30. The molecule has 492 valence electrons. The van der Waals surface area contributed by atoms with Crippen LogP contribution < -0.4 is 10.2 Å². The Morgan fingerprint density at radius 2 is 0.718 bits per heavy atom. The van der Waals surface area contributed by atoms with Gasteiger partial charge < -0.3 is 28.5 Å². The number of allylic oxidation sites excluding steroid dienone is 15. The first-order valence-electron chi connectivity index (χ1n) is 35.5. The summed E-state index contributed by atoms with van der Waals surface area (Å²) in [6, 6.07) is -0.902. The predicted molar refractivity (Wildman–Crippen MR) is 367 cm³/mol. The number of hydrogen-bond acceptors (Lipinski definition) is 7.